The topological polar surface area (TPSA) is 92.7 Å². The fraction of sp³-hybridized carbons (Fsp3) is 0.167. The third-order valence-corrected chi connectivity index (χ3v) is 3.95. The number of carbonyl (C=O) groups excluding carboxylic acids is 2. The quantitative estimate of drug-likeness (QED) is 0.846. The molecule has 24 heavy (non-hydrogen) atoms. The van der Waals surface area contributed by atoms with E-state index in [1.54, 1.807) is 31.2 Å². The number of hydrogen-bond donors (Lipinski definition) is 2. The lowest BCUT2D eigenvalue weighted by molar-refractivity contribution is -0.134. The molecule has 0 radical (unpaired) electrons. The molecule has 2 aromatic carbocycles. The number of aromatic carboxylic acids is 1. The van der Waals surface area contributed by atoms with Gasteiger partial charge in [-0.25, -0.2) is 9.59 Å². The van der Waals surface area contributed by atoms with Gasteiger partial charge in [0.2, 0.25) is 0 Å². The number of carboxylic acid groups (broad SMARTS) is 1. The molecule has 6 nitrogen and oxygen atoms in total. The van der Waals surface area contributed by atoms with Gasteiger partial charge >= 0.3 is 11.9 Å². The van der Waals surface area contributed by atoms with Crippen molar-refractivity contribution >= 4 is 23.5 Å². The van der Waals surface area contributed by atoms with Crippen LogP contribution in [-0.2, 0) is 16.0 Å². The highest BCUT2D eigenvalue weighted by Crippen LogP contribution is 2.29. The zero-order valence-corrected chi connectivity index (χ0v) is 12.9. The van der Waals surface area contributed by atoms with Crippen molar-refractivity contribution in [3.63, 3.8) is 0 Å². The van der Waals surface area contributed by atoms with Crippen LogP contribution in [0.15, 0.2) is 48.5 Å². The van der Waals surface area contributed by atoms with Gasteiger partial charge in [-0.2, -0.15) is 0 Å². The zero-order valence-electron chi connectivity index (χ0n) is 12.9. The van der Waals surface area contributed by atoms with E-state index in [0.717, 1.165) is 5.56 Å². The third-order valence-electron chi connectivity index (χ3n) is 3.95. The maximum atomic E-state index is 12.6. The van der Waals surface area contributed by atoms with Crippen molar-refractivity contribution in [1.82, 2.24) is 0 Å². The van der Waals surface area contributed by atoms with Gasteiger partial charge < -0.3 is 15.2 Å². The number of hydrogen-bond acceptors (Lipinski definition) is 4. The van der Waals surface area contributed by atoms with E-state index in [-0.39, 0.29) is 12.0 Å². The number of fused-ring (bicyclic) bond motifs is 1. The molecular weight excluding hydrogens is 310 g/mol. The van der Waals surface area contributed by atoms with E-state index in [4.69, 9.17) is 9.84 Å². The summed E-state index contributed by atoms with van der Waals surface area (Å²) in [6.07, 6.45) is 0.272. The Balaban J connectivity index is 1.80. The molecule has 2 N–H and O–H groups in total. The van der Waals surface area contributed by atoms with Crippen molar-refractivity contribution in [3.8, 4) is 0 Å². The third kappa shape index (κ3) is 2.86. The lowest BCUT2D eigenvalue weighted by Crippen LogP contribution is -2.48. The van der Waals surface area contributed by atoms with Crippen LogP contribution < -0.4 is 5.32 Å². The van der Waals surface area contributed by atoms with Gasteiger partial charge in [-0.3, -0.25) is 4.79 Å². The van der Waals surface area contributed by atoms with Crippen molar-refractivity contribution < 1.29 is 24.2 Å². The van der Waals surface area contributed by atoms with Gasteiger partial charge in [0.1, 0.15) is 0 Å². The SMILES string of the molecule is CC1(C(=O)Nc2ccc(C(=O)O)cc2)Cc2ccccc2C(=O)O1. The van der Waals surface area contributed by atoms with Crippen LogP contribution >= 0.6 is 0 Å². The predicted octanol–water partition coefficient (Wildman–Crippen LogP) is 2.50. The minimum absolute atomic E-state index is 0.122. The van der Waals surface area contributed by atoms with Crippen molar-refractivity contribution in [2.45, 2.75) is 18.9 Å². The van der Waals surface area contributed by atoms with E-state index in [0.29, 0.717) is 11.3 Å². The van der Waals surface area contributed by atoms with Crippen LogP contribution in [0.2, 0.25) is 0 Å². The molecular formula is C18H15NO5. The lowest BCUT2D eigenvalue weighted by Gasteiger charge is -2.33. The number of amides is 1. The number of rotatable bonds is 3. The molecule has 0 aromatic heterocycles. The Bertz CT molecular complexity index is 828. The molecule has 1 unspecified atom stereocenters. The first-order valence-electron chi connectivity index (χ1n) is 7.35. The second-order valence-electron chi connectivity index (χ2n) is 5.79. The molecule has 2 aromatic rings. The standard InChI is InChI=1S/C18H15NO5/c1-18(10-12-4-2-3-5-14(12)16(22)24-18)17(23)19-13-8-6-11(7-9-13)15(20)21/h2-9H,10H2,1H3,(H,19,23)(H,20,21). The highest BCUT2D eigenvalue weighted by atomic mass is 16.6. The molecule has 1 aliphatic heterocycles. The van der Waals surface area contributed by atoms with E-state index in [2.05, 4.69) is 5.32 Å². The number of ether oxygens (including phenoxy) is 1. The molecule has 0 fully saturated rings. The summed E-state index contributed by atoms with van der Waals surface area (Å²) in [5.41, 5.74) is 0.455. The number of esters is 1. The minimum Gasteiger partial charge on any atom is -0.478 e. The summed E-state index contributed by atoms with van der Waals surface area (Å²) in [7, 11) is 0. The van der Waals surface area contributed by atoms with Crippen LogP contribution in [0, 0.1) is 0 Å². The first-order valence-corrected chi connectivity index (χ1v) is 7.35. The molecule has 0 bridgehead atoms. The van der Waals surface area contributed by atoms with Crippen molar-refractivity contribution in [3.05, 3.63) is 65.2 Å². The van der Waals surface area contributed by atoms with Crippen LogP contribution in [0.5, 0.6) is 0 Å². The van der Waals surface area contributed by atoms with E-state index in [1.807, 2.05) is 0 Å². The molecule has 1 aliphatic rings. The van der Waals surface area contributed by atoms with Crippen LogP contribution in [0.3, 0.4) is 0 Å². The first kappa shape index (κ1) is 15.7. The second kappa shape index (κ2) is 5.81. The monoisotopic (exact) mass is 325 g/mol. The fourth-order valence-electron chi connectivity index (χ4n) is 2.62. The van der Waals surface area contributed by atoms with Gasteiger partial charge in [-0.1, -0.05) is 18.2 Å². The number of cyclic esters (lactones) is 1. The van der Waals surface area contributed by atoms with E-state index in [1.165, 1.54) is 24.3 Å². The van der Waals surface area contributed by atoms with E-state index >= 15 is 0 Å². The Morgan fingerprint density at radius 2 is 1.79 bits per heavy atom. The molecule has 0 spiro atoms. The van der Waals surface area contributed by atoms with Crippen LogP contribution in [0.25, 0.3) is 0 Å². The molecule has 6 heteroatoms. The Hall–Kier alpha value is -3.15. The van der Waals surface area contributed by atoms with Gasteiger partial charge in [0.05, 0.1) is 11.1 Å². The largest absolute Gasteiger partial charge is 0.478 e. The van der Waals surface area contributed by atoms with Crippen molar-refractivity contribution in [1.29, 1.82) is 0 Å². The zero-order chi connectivity index (χ0) is 17.3. The summed E-state index contributed by atoms with van der Waals surface area (Å²) in [4.78, 5) is 35.5. The van der Waals surface area contributed by atoms with Crippen LogP contribution in [0.4, 0.5) is 5.69 Å². The van der Waals surface area contributed by atoms with Crippen molar-refractivity contribution in [2.75, 3.05) is 5.32 Å². The van der Waals surface area contributed by atoms with E-state index < -0.39 is 23.4 Å². The summed E-state index contributed by atoms with van der Waals surface area (Å²) in [5.74, 6) is -2.04. The molecule has 0 aliphatic carbocycles. The van der Waals surface area contributed by atoms with E-state index in [9.17, 15) is 14.4 Å². The highest BCUT2D eigenvalue weighted by Gasteiger charge is 2.42. The molecule has 0 saturated heterocycles. The first-order chi connectivity index (χ1) is 11.4. The van der Waals surface area contributed by atoms with Crippen LogP contribution in [0.1, 0.15) is 33.2 Å². The fourth-order valence-corrected chi connectivity index (χ4v) is 2.62. The molecule has 122 valence electrons. The normalized spacial score (nSPS) is 19.1. The Labute approximate surface area is 138 Å². The maximum Gasteiger partial charge on any atom is 0.339 e. The molecule has 0 saturated carbocycles. The lowest BCUT2D eigenvalue weighted by atomic mass is 9.89. The maximum absolute atomic E-state index is 12.6. The number of carboxylic acids is 1. The average molecular weight is 325 g/mol. The molecule has 3 rings (SSSR count). The number of anilines is 1. The van der Waals surface area contributed by atoms with Gasteiger partial charge in [-0.05, 0) is 42.8 Å². The average Bonchev–Trinajstić information content (AvgIpc) is 2.55. The predicted molar refractivity (Wildman–Crippen MR) is 86.0 cm³/mol. The number of benzene rings is 2. The van der Waals surface area contributed by atoms with Gasteiger partial charge in [0.25, 0.3) is 5.91 Å². The molecule has 1 heterocycles. The molecule has 1 amide bonds. The van der Waals surface area contributed by atoms with Gasteiger partial charge in [0, 0.05) is 12.1 Å². The summed E-state index contributed by atoms with van der Waals surface area (Å²) in [6, 6.07) is 12.8. The van der Waals surface area contributed by atoms with Crippen LogP contribution in [-0.4, -0.2) is 28.6 Å². The Kier molecular flexibility index (Phi) is 3.81. The number of nitrogens with one attached hydrogen (secondary N) is 1. The second-order valence-corrected chi connectivity index (χ2v) is 5.79. The smallest absolute Gasteiger partial charge is 0.339 e. The minimum atomic E-state index is -1.32. The van der Waals surface area contributed by atoms with Gasteiger partial charge in [0.15, 0.2) is 5.60 Å². The number of carbonyl (C=O) groups is 3. The summed E-state index contributed by atoms with van der Waals surface area (Å²) in [5, 5.41) is 11.5. The summed E-state index contributed by atoms with van der Waals surface area (Å²) < 4.78 is 5.35. The summed E-state index contributed by atoms with van der Waals surface area (Å²) in [6.45, 7) is 1.56. The van der Waals surface area contributed by atoms with Crippen molar-refractivity contribution in [2.24, 2.45) is 0 Å². The highest BCUT2D eigenvalue weighted by molar-refractivity contribution is 6.02. The Morgan fingerprint density at radius 3 is 2.46 bits per heavy atom. The summed E-state index contributed by atoms with van der Waals surface area (Å²) >= 11 is 0. The Morgan fingerprint density at radius 1 is 1.12 bits per heavy atom. The van der Waals surface area contributed by atoms with Gasteiger partial charge in [-0.15, -0.1) is 0 Å². The molecule has 1 atom stereocenters.